The van der Waals surface area contributed by atoms with Crippen molar-refractivity contribution in [1.82, 2.24) is 4.90 Å². The van der Waals surface area contributed by atoms with Crippen LogP contribution in [0.15, 0.2) is 11.8 Å². The molecule has 140 valence electrons. The average molecular weight is 392 g/mol. The first-order valence-electron chi connectivity index (χ1n) is 8.51. The largest absolute Gasteiger partial charge is 1.00 e. The van der Waals surface area contributed by atoms with Crippen molar-refractivity contribution in [3.63, 3.8) is 0 Å². The van der Waals surface area contributed by atoms with E-state index in [2.05, 4.69) is 0 Å². The van der Waals surface area contributed by atoms with Crippen LogP contribution in [0.5, 0.6) is 0 Å². The van der Waals surface area contributed by atoms with Gasteiger partial charge in [-0.1, -0.05) is 13.3 Å². The number of carbonyl (C=O) groups excluding carboxylic acids is 2. The molecule has 1 amide bonds. The summed E-state index contributed by atoms with van der Waals surface area (Å²) in [5, 5.41) is 19.7. The standard InChI is InChI=1S/C17H23NO7.K/c1-12(8-19)7-18(11-22)15-13-14(16(9-20,10-21)25-15)24-17(23-13)5-3-2-4-6-17;/h7,13-15,20-21H,2-6,9-10H2,1H3;/q-2;+1/b12-7-;/t13?,14-,15-;/m1./s1. The quantitative estimate of drug-likeness (QED) is 0.213. The van der Waals surface area contributed by atoms with Gasteiger partial charge in [-0.3, -0.25) is 0 Å². The molecule has 1 aliphatic carbocycles. The Balaban J connectivity index is 0.00000243. The van der Waals surface area contributed by atoms with Crippen LogP contribution in [-0.4, -0.2) is 70.8 Å². The van der Waals surface area contributed by atoms with Crippen LogP contribution in [-0.2, 0) is 23.8 Å². The number of ether oxygens (including phenoxy) is 3. The van der Waals surface area contributed by atoms with Gasteiger partial charge in [-0.25, -0.2) is 0 Å². The van der Waals surface area contributed by atoms with Crippen molar-refractivity contribution in [3.05, 3.63) is 11.8 Å². The molecule has 0 aromatic rings. The molecule has 1 unspecified atom stereocenters. The minimum atomic E-state index is -1.39. The number of fused-ring (bicyclic) bond motifs is 1. The topological polar surface area (TPSA) is 106 Å². The van der Waals surface area contributed by atoms with Gasteiger partial charge in [-0.2, -0.15) is 11.8 Å². The average Bonchev–Trinajstić information content (AvgIpc) is 3.14. The number of rotatable bonds is 6. The van der Waals surface area contributed by atoms with Crippen molar-refractivity contribution in [3.8, 4) is 0 Å². The summed E-state index contributed by atoms with van der Waals surface area (Å²) in [6.07, 6.45) is 6.68. The molecular weight excluding hydrogens is 369 g/mol. The number of nitrogens with zero attached hydrogens (tertiary/aromatic N) is 1. The number of amides is 1. The number of hydrogen-bond acceptors (Lipinski definition) is 7. The van der Waals surface area contributed by atoms with Crippen molar-refractivity contribution in [2.45, 2.75) is 68.9 Å². The molecule has 0 radical (unpaired) electrons. The Kier molecular flexibility index (Phi) is 8.01. The van der Waals surface area contributed by atoms with Gasteiger partial charge in [0.15, 0.2) is 5.79 Å². The molecule has 9 heteroatoms. The molecule has 0 aromatic heterocycles. The van der Waals surface area contributed by atoms with Crippen molar-refractivity contribution in [2.24, 2.45) is 0 Å². The van der Waals surface area contributed by atoms with E-state index in [9.17, 15) is 19.8 Å². The maximum absolute atomic E-state index is 11.4. The molecule has 2 saturated heterocycles. The Morgan fingerprint density at radius 3 is 2.35 bits per heavy atom. The monoisotopic (exact) mass is 392 g/mol. The number of allylic oxidation sites excluding steroid dienone is 1. The number of aliphatic hydroxyl groups excluding tert-OH is 2. The van der Waals surface area contributed by atoms with Gasteiger partial charge in [0, 0.05) is 12.8 Å². The van der Waals surface area contributed by atoms with Gasteiger partial charge < -0.3 is 38.9 Å². The van der Waals surface area contributed by atoms with Crippen LogP contribution in [0.4, 0.5) is 0 Å². The normalized spacial score (nSPS) is 32.0. The molecule has 1 spiro atoms. The second-order valence-corrected chi connectivity index (χ2v) is 6.89. The maximum atomic E-state index is 11.4. The zero-order valence-electron chi connectivity index (χ0n) is 15.1. The third-order valence-electron chi connectivity index (χ3n) is 5.17. The van der Waals surface area contributed by atoms with Crippen molar-refractivity contribution in [1.29, 1.82) is 0 Å². The van der Waals surface area contributed by atoms with E-state index in [0.717, 1.165) is 24.2 Å². The molecule has 1 saturated carbocycles. The fourth-order valence-corrected chi connectivity index (χ4v) is 3.86. The first-order chi connectivity index (χ1) is 12.0. The summed E-state index contributed by atoms with van der Waals surface area (Å²) in [5.41, 5.74) is -1.21. The van der Waals surface area contributed by atoms with E-state index in [0.29, 0.717) is 12.8 Å². The molecule has 8 nitrogen and oxygen atoms in total. The first-order valence-corrected chi connectivity index (χ1v) is 8.51. The SMILES string of the molecule is C/C([C-]=O)=C/N([C-]=O)[C@@H]1OC(CO)(CO)[C@@H]2OC3(CCCCC3)OC12.[K+]. The summed E-state index contributed by atoms with van der Waals surface area (Å²) in [7, 11) is 0. The molecule has 2 aliphatic heterocycles. The summed E-state index contributed by atoms with van der Waals surface area (Å²) in [6, 6.07) is 0. The summed E-state index contributed by atoms with van der Waals surface area (Å²) in [4.78, 5) is 23.2. The van der Waals surface area contributed by atoms with E-state index in [1.165, 1.54) is 13.1 Å². The molecule has 0 bridgehead atoms. The van der Waals surface area contributed by atoms with Crippen molar-refractivity contribution >= 4 is 12.7 Å². The zero-order chi connectivity index (χ0) is 18.1. The summed E-state index contributed by atoms with van der Waals surface area (Å²) < 4.78 is 18.1. The van der Waals surface area contributed by atoms with Crippen LogP contribution in [0.1, 0.15) is 39.0 Å². The number of aliphatic hydroxyl groups is 2. The second kappa shape index (κ2) is 9.21. The van der Waals surface area contributed by atoms with Crippen LogP contribution in [0.25, 0.3) is 0 Å². The van der Waals surface area contributed by atoms with Crippen LogP contribution in [0, 0.1) is 0 Å². The molecule has 3 aliphatic rings. The van der Waals surface area contributed by atoms with Crippen LogP contribution < -0.4 is 51.4 Å². The first kappa shape index (κ1) is 22.6. The predicted molar refractivity (Wildman–Crippen MR) is 84.3 cm³/mol. The molecule has 2 heterocycles. The van der Waals surface area contributed by atoms with Gasteiger partial charge >= 0.3 is 51.4 Å². The molecular formula is C17H23KNO7-. The Labute approximate surface area is 195 Å². The van der Waals surface area contributed by atoms with E-state index in [-0.39, 0.29) is 57.0 Å². The zero-order valence-corrected chi connectivity index (χ0v) is 18.3. The maximum Gasteiger partial charge on any atom is 1.00 e. The molecule has 3 atom stereocenters. The fraction of sp³-hybridized carbons (Fsp3) is 0.765. The second-order valence-electron chi connectivity index (χ2n) is 6.89. The van der Waals surface area contributed by atoms with Gasteiger partial charge in [0.05, 0.1) is 19.6 Å². The number of hydrogen-bond donors (Lipinski definition) is 2. The Morgan fingerprint density at radius 1 is 1.15 bits per heavy atom. The predicted octanol–water partition coefficient (Wildman–Crippen LogP) is -3.10. The summed E-state index contributed by atoms with van der Waals surface area (Å²) >= 11 is 0. The summed E-state index contributed by atoms with van der Waals surface area (Å²) in [6.45, 7) is 0.509. The van der Waals surface area contributed by atoms with E-state index in [1.807, 2.05) is 0 Å². The van der Waals surface area contributed by atoms with E-state index in [4.69, 9.17) is 14.2 Å². The van der Waals surface area contributed by atoms with Crippen LogP contribution in [0.3, 0.4) is 0 Å². The van der Waals surface area contributed by atoms with Gasteiger partial charge in [0.25, 0.3) is 0 Å². The minimum Gasteiger partial charge on any atom is -0.458 e. The molecule has 26 heavy (non-hydrogen) atoms. The third kappa shape index (κ3) is 4.02. The smallest absolute Gasteiger partial charge is 0.458 e. The Bertz CT molecular complexity index is 545. The van der Waals surface area contributed by atoms with Crippen molar-refractivity contribution < 1.29 is 85.4 Å². The van der Waals surface area contributed by atoms with Crippen molar-refractivity contribution in [2.75, 3.05) is 13.2 Å². The Hall–Kier alpha value is 0.316. The van der Waals surface area contributed by atoms with E-state index >= 15 is 0 Å². The third-order valence-corrected chi connectivity index (χ3v) is 5.17. The Morgan fingerprint density at radius 2 is 1.81 bits per heavy atom. The van der Waals surface area contributed by atoms with Gasteiger partial charge in [-0.05, 0) is 19.1 Å². The van der Waals surface area contributed by atoms with Crippen LogP contribution >= 0.6 is 0 Å². The minimum absolute atomic E-state index is 0. The summed E-state index contributed by atoms with van der Waals surface area (Å²) in [5.74, 6) is -0.782. The molecule has 2 N–H and O–H groups in total. The molecule has 3 fully saturated rings. The van der Waals surface area contributed by atoms with Gasteiger partial charge in [0.1, 0.15) is 24.0 Å². The van der Waals surface area contributed by atoms with E-state index in [1.54, 1.807) is 12.7 Å². The van der Waals surface area contributed by atoms with Gasteiger partial charge in [-0.15, -0.1) is 0 Å². The fourth-order valence-electron chi connectivity index (χ4n) is 3.86. The molecule has 3 rings (SSSR count). The van der Waals surface area contributed by atoms with Crippen LogP contribution in [0.2, 0.25) is 0 Å². The van der Waals surface area contributed by atoms with Gasteiger partial charge in [0.2, 0.25) is 0 Å². The molecule has 0 aromatic carbocycles. The van der Waals surface area contributed by atoms with E-state index < -0.39 is 43.0 Å².